The second-order valence-corrected chi connectivity index (χ2v) is 8.51. The molecule has 7 heteroatoms. The van der Waals surface area contributed by atoms with Crippen molar-refractivity contribution in [1.82, 2.24) is 25.1 Å². The lowest BCUT2D eigenvalue weighted by atomic mass is 10.1. The van der Waals surface area contributed by atoms with E-state index in [1.54, 1.807) is 6.20 Å². The van der Waals surface area contributed by atoms with Gasteiger partial charge >= 0.3 is 0 Å². The van der Waals surface area contributed by atoms with Crippen LogP contribution in [0.3, 0.4) is 0 Å². The Hall–Kier alpha value is -2.96. The Kier molecular flexibility index (Phi) is 5.45. The highest BCUT2D eigenvalue weighted by atomic mass is 16.1. The SMILES string of the molecule is CCCc1cc(C)c(CNC(=O)c2cc(C3CC3)nc3c2cnn3C(C)C)c(=O)[nH]1. The van der Waals surface area contributed by atoms with Crippen LogP contribution in [0.15, 0.2) is 23.1 Å². The summed E-state index contributed by atoms with van der Waals surface area (Å²) in [7, 11) is 0. The minimum Gasteiger partial charge on any atom is -0.348 e. The van der Waals surface area contributed by atoms with Crippen LogP contribution in [-0.4, -0.2) is 25.7 Å². The molecule has 0 atom stereocenters. The summed E-state index contributed by atoms with van der Waals surface area (Å²) in [5.41, 5.74) is 4.56. The zero-order valence-electron chi connectivity index (χ0n) is 18.1. The van der Waals surface area contributed by atoms with Crippen molar-refractivity contribution in [2.45, 2.75) is 71.9 Å². The predicted octanol–water partition coefficient (Wildman–Crippen LogP) is 3.77. The van der Waals surface area contributed by atoms with E-state index in [1.165, 1.54) is 0 Å². The Labute approximate surface area is 175 Å². The Bertz CT molecular complexity index is 1150. The monoisotopic (exact) mass is 407 g/mol. The first kappa shape index (κ1) is 20.3. The summed E-state index contributed by atoms with van der Waals surface area (Å²) < 4.78 is 1.86. The van der Waals surface area contributed by atoms with E-state index in [9.17, 15) is 9.59 Å². The third-order valence-corrected chi connectivity index (χ3v) is 5.68. The molecule has 7 nitrogen and oxygen atoms in total. The summed E-state index contributed by atoms with van der Waals surface area (Å²) in [5.74, 6) is 0.219. The van der Waals surface area contributed by atoms with Gasteiger partial charge in [0.25, 0.3) is 11.5 Å². The van der Waals surface area contributed by atoms with Crippen LogP contribution in [0, 0.1) is 6.92 Å². The number of fused-ring (bicyclic) bond motifs is 1. The van der Waals surface area contributed by atoms with Crippen LogP contribution in [-0.2, 0) is 13.0 Å². The van der Waals surface area contributed by atoms with Gasteiger partial charge in [-0.05, 0) is 57.7 Å². The number of pyridine rings is 2. The fourth-order valence-electron chi connectivity index (χ4n) is 3.86. The average Bonchev–Trinajstić information content (AvgIpc) is 3.45. The van der Waals surface area contributed by atoms with Crippen LogP contribution in [0.5, 0.6) is 0 Å². The number of aryl methyl sites for hydroxylation is 2. The number of carbonyl (C=O) groups excluding carboxylic acids is 1. The number of carbonyl (C=O) groups is 1. The molecule has 0 radical (unpaired) electrons. The fourth-order valence-corrected chi connectivity index (χ4v) is 3.86. The molecular formula is C23H29N5O2. The molecule has 0 spiro atoms. The number of hydrogen-bond donors (Lipinski definition) is 2. The summed E-state index contributed by atoms with van der Waals surface area (Å²) >= 11 is 0. The Morgan fingerprint density at radius 3 is 2.73 bits per heavy atom. The van der Waals surface area contributed by atoms with Crippen molar-refractivity contribution >= 4 is 16.9 Å². The minimum atomic E-state index is -0.205. The van der Waals surface area contributed by atoms with E-state index >= 15 is 0 Å². The number of H-pyrrole nitrogens is 1. The van der Waals surface area contributed by atoms with Crippen molar-refractivity contribution in [1.29, 1.82) is 0 Å². The zero-order chi connectivity index (χ0) is 21.4. The number of aromatic amines is 1. The molecule has 1 aliphatic carbocycles. The van der Waals surface area contributed by atoms with E-state index in [1.807, 2.05) is 23.7 Å². The van der Waals surface area contributed by atoms with Gasteiger partial charge < -0.3 is 10.3 Å². The van der Waals surface area contributed by atoms with Gasteiger partial charge in [0.1, 0.15) is 0 Å². The quantitative estimate of drug-likeness (QED) is 0.623. The number of nitrogens with zero attached hydrogens (tertiary/aromatic N) is 3. The maximum atomic E-state index is 13.1. The van der Waals surface area contributed by atoms with Crippen LogP contribution in [0.2, 0.25) is 0 Å². The minimum absolute atomic E-state index is 0.134. The van der Waals surface area contributed by atoms with E-state index < -0.39 is 0 Å². The molecule has 3 heterocycles. The molecule has 3 aromatic rings. The van der Waals surface area contributed by atoms with Crippen molar-refractivity contribution in [2.24, 2.45) is 0 Å². The first-order valence-corrected chi connectivity index (χ1v) is 10.8. The number of aromatic nitrogens is 4. The van der Waals surface area contributed by atoms with Gasteiger partial charge in [0, 0.05) is 35.5 Å². The second-order valence-electron chi connectivity index (χ2n) is 8.51. The van der Waals surface area contributed by atoms with E-state index in [0.717, 1.165) is 53.7 Å². The summed E-state index contributed by atoms with van der Waals surface area (Å²) in [4.78, 5) is 33.3. The molecule has 0 saturated heterocycles. The standard InChI is InChI=1S/C23H29N5O2/c1-5-6-16-9-14(4)18(23(30)26-16)11-24-22(29)17-10-20(15-7-8-15)27-21-19(17)12-25-28(21)13(2)3/h9-10,12-13,15H,5-8,11H2,1-4H3,(H,24,29)(H,26,30). The largest absolute Gasteiger partial charge is 0.348 e. The van der Waals surface area contributed by atoms with Crippen molar-refractivity contribution in [3.8, 4) is 0 Å². The molecule has 1 fully saturated rings. The highest BCUT2D eigenvalue weighted by Gasteiger charge is 2.28. The first-order valence-electron chi connectivity index (χ1n) is 10.8. The Morgan fingerprint density at radius 2 is 2.10 bits per heavy atom. The summed E-state index contributed by atoms with van der Waals surface area (Å²) in [6, 6.07) is 4.04. The van der Waals surface area contributed by atoms with Crippen molar-refractivity contribution in [3.05, 3.63) is 56.8 Å². The van der Waals surface area contributed by atoms with E-state index in [2.05, 4.69) is 36.2 Å². The molecule has 4 rings (SSSR count). The summed E-state index contributed by atoms with van der Waals surface area (Å²) in [6.45, 7) is 8.28. The molecule has 0 aromatic carbocycles. The second kappa shape index (κ2) is 8.05. The lowest BCUT2D eigenvalue weighted by molar-refractivity contribution is 0.0952. The van der Waals surface area contributed by atoms with Crippen molar-refractivity contribution in [2.75, 3.05) is 0 Å². The van der Waals surface area contributed by atoms with Gasteiger partial charge in [0.15, 0.2) is 5.65 Å². The molecule has 1 amide bonds. The molecule has 1 saturated carbocycles. The van der Waals surface area contributed by atoms with Gasteiger partial charge in [-0.15, -0.1) is 0 Å². The molecule has 158 valence electrons. The average molecular weight is 408 g/mol. The van der Waals surface area contributed by atoms with Crippen LogP contribution < -0.4 is 10.9 Å². The number of amides is 1. The predicted molar refractivity (Wildman–Crippen MR) is 117 cm³/mol. The first-order chi connectivity index (χ1) is 14.4. The normalized spacial score (nSPS) is 13.9. The molecule has 0 aliphatic heterocycles. The topological polar surface area (TPSA) is 92.7 Å². The Balaban J connectivity index is 1.63. The van der Waals surface area contributed by atoms with Gasteiger partial charge in [-0.2, -0.15) is 5.10 Å². The van der Waals surface area contributed by atoms with E-state index in [4.69, 9.17) is 4.98 Å². The zero-order valence-corrected chi connectivity index (χ0v) is 18.1. The van der Waals surface area contributed by atoms with Gasteiger partial charge in [-0.25, -0.2) is 9.67 Å². The fraction of sp³-hybridized carbons (Fsp3) is 0.478. The smallest absolute Gasteiger partial charge is 0.253 e. The summed E-state index contributed by atoms with van der Waals surface area (Å²) in [6.07, 6.45) is 5.73. The molecule has 3 aromatic heterocycles. The van der Waals surface area contributed by atoms with Crippen molar-refractivity contribution in [3.63, 3.8) is 0 Å². The Morgan fingerprint density at radius 1 is 1.33 bits per heavy atom. The molecule has 0 unspecified atom stereocenters. The molecule has 2 N–H and O–H groups in total. The van der Waals surface area contributed by atoms with Gasteiger partial charge in [-0.1, -0.05) is 13.3 Å². The highest BCUT2D eigenvalue weighted by Crippen LogP contribution is 2.40. The van der Waals surface area contributed by atoms with Gasteiger partial charge in [0.2, 0.25) is 0 Å². The maximum absolute atomic E-state index is 13.1. The van der Waals surface area contributed by atoms with E-state index in [-0.39, 0.29) is 24.1 Å². The van der Waals surface area contributed by atoms with Crippen molar-refractivity contribution < 1.29 is 4.79 Å². The molecule has 30 heavy (non-hydrogen) atoms. The third-order valence-electron chi connectivity index (χ3n) is 5.68. The summed E-state index contributed by atoms with van der Waals surface area (Å²) in [5, 5.41) is 8.14. The van der Waals surface area contributed by atoms with Crippen LogP contribution in [0.25, 0.3) is 11.0 Å². The number of rotatable bonds is 7. The molecular weight excluding hydrogens is 378 g/mol. The number of hydrogen-bond acceptors (Lipinski definition) is 4. The van der Waals surface area contributed by atoms with Gasteiger partial charge in [-0.3, -0.25) is 9.59 Å². The van der Waals surface area contributed by atoms with E-state index in [0.29, 0.717) is 17.0 Å². The van der Waals surface area contributed by atoms with Gasteiger partial charge in [0.05, 0.1) is 17.1 Å². The lowest BCUT2D eigenvalue weighted by Gasteiger charge is -2.12. The highest BCUT2D eigenvalue weighted by molar-refractivity contribution is 6.05. The maximum Gasteiger partial charge on any atom is 0.253 e. The molecule has 0 bridgehead atoms. The van der Waals surface area contributed by atoms with Crippen LogP contribution >= 0.6 is 0 Å². The van der Waals surface area contributed by atoms with Crippen LogP contribution in [0.4, 0.5) is 0 Å². The number of nitrogens with one attached hydrogen (secondary N) is 2. The lowest BCUT2D eigenvalue weighted by Crippen LogP contribution is -2.28. The molecule has 1 aliphatic rings. The third kappa shape index (κ3) is 3.88. The van der Waals surface area contributed by atoms with Crippen LogP contribution in [0.1, 0.15) is 84.9 Å².